The average Bonchev–Trinajstić information content (AvgIpc) is 2.95. The van der Waals surface area contributed by atoms with E-state index in [1.807, 2.05) is 11.8 Å². The Kier molecular flexibility index (Phi) is 2.63. The van der Waals surface area contributed by atoms with Crippen LogP contribution in [0, 0.1) is 12.8 Å². The fourth-order valence-electron chi connectivity index (χ4n) is 2.84. The van der Waals surface area contributed by atoms with E-state index in [0.29, 0.717) is 11.8 Å². The lowest BCUT2D eigenvalue weighted by Crippen LogP contribution is -2.48. The van der Waals surface area contributed by atoms with Crippen LogP contribution in [0.5, 0.6) is 0 Å². The van der Waals surface area contributed by atoms with Crippen LogP contribution in [0.15, 0.2) is 10.6 Å². The van der Waals surface area contributed by atoms with Crippen molar-refractivity contribution in [3.8, 4) is 0 Å². The number of hydrogen-bond donors (Lipinski definition) is 1. The van der Waals surface area contributed by atoms with E-state index in [4.69, 9.17) is 4.52 Å². The van der Waals surface area contributed by atoms with Crippen LogP contribution in [0.1, 0.15) is 29.1 Å². The molecule has 0 saturated carbocycles. The van der Waals surface area contributed by atoms with Crippen molar-refractivity contribution in [2.24, 2.45) is 5.92 Å². The molecule has 1 amide bonds. The molecule has 92 valence electrons. The number of piperidine rings is 1. The Morgan fingerprint density at radius 3 is 3.24 bits per heavy atom. The average molecular weight is 235 g/mol. The van der Waals surface area contributed by atoms with Gasteiger partial charge in [0.2, 0.25) is 5.76 Å². The van der Waals surface area contributed by atoms with Crippen LogP contribution in [0.3, 0.4) is 0 Å². The Morgan fingerprint density at radius 2 is 2.47 bits per heavy atom. The maximum Gasteiger partial charge on any atom is 0.292 e. The highest BCUT2D eigenvalue weighted by atomic mass is 16.5. The molecule has 2 aliphatic heterocycles. The fraction of sp³-hybridized carbons (Fsp3) is 0.667. The van der Waals surface area contributed by atoms with Gasteiger partial charge in [-0.25, -0.2) is 0 Å². The molecule has 3 heterocycles. The third-order valence-electron chi connectivity index (χ3n) is 3.80. The Morgan fingerprint density at radius 1 is 1.59 bits per heavy atom. The van der Waals surface area contributed by atoms with Gasteiger partial charge < -0.3 is 14.7 Å². The molecular formula is C12H17N3O2. The number of fused-ring (bicyclic) bond motifs is 1. The molecule has 3 rings (SSSR count). The summed E-state index contributed by atoms with van der Waals surface area (Å²) in [6.07, 6.45) is 2.34. The molecular weight excluding hydrogens is 218 g/mol. The van der Waals surface area contributed by atoms with E-state index in [0.717, 1.165) is 37.7 Å². The number of carbonyl (C=O) groups is 1. The van der Waals surface area contributed by atoms with Gasteiger partial charge in [0.05, 0.1) is 5.69 Å². The zero-order chi connectivity index (χ0) is 11.8. The zero-order valence-corrected chi connectivity index (χ0v) is 9.98. The second-order valence-electron chi connectivity index (χ2n) is 4.98. The van der Waals surface area contributed by atoms with Gasteiger partial charge in [0, 0.05) is 25.2 Å². The van der Waals surface area contributed by atoms with Crippen molar-refractivity contribution in [3.63, 3.8) is 0 Å². The molecule has 5 nitrogen and oxygen atoms in total. The van der Waals surface area contributed by atoms with Gasteiger partial charge in [0.15, 0.2) is 0 Å². The number of nitrogens with one attached hydrogen (secondary N) is 1. The second kappa shape index (κ2) is 4.14. The number of carbonyl (C=O) groups excluding carboxylic acids is 1. The number of aromatic nitrogens is 1. The molecule has 2 saturated heterocycles. The number of aryl methyl sites for hydroxylation is 1. The highest BCUT2D eigenvalue weighted by Crippen LogP contribution is 2.26. The van der Waals surface area contributed by atoms with Crippen molar-refractivity contribution in [3.05, 3.63) is 17.5 Å². The van der Waals surface area contributed by atoms with Gasteiger partial charge in [0.25, 0.3) is 5.91 Å². The number of nitrogens with zero attached hydrogens (tertiary/aromatic N) is 2. The maximum absolute atomic E-state index is 12.2. The SMILES string of the molecule is Cc1cc(C(=O)N2CCC3CCNC3C2)on1. The van der Waals surface area contributed by atoms with E-state index >= 15 is 0 Å². The number of likely N-dealkylation sites (tertiary alicyclic amines) is 1. The minimum atomic E-state index is -0.0299. The highest BCUT2D eigenvalue weighted by molar-refractivity contribution is 5.91. The molecule has 1 aromatic heterocycles. The first-order valence-electron chi connectivity index (χ1n) is 6.20. The smallest absolute Gasteiger partial charge is 0.292 e. The topological polar surface area (TPSA) is 58.4 Å². The Bertz CT molecular complexity index is 429. The third-order valence-corrected chi connectivity index (χ3v) is 3.80. The molecule has 0 aliphatic carbocycles. The molecule has 2 unspecified atom stereocenters. The summed E-state index contributed by atoms with van der Waals surface area (Å²) in [6, 6.07) is 2.17. The van der Waals surface area contributed by atoms with E-state index in [2.05, 4.69) is 10.5 Å². The predicted octanol–water partition coefficient (Wildman–Crippen LogP) is 0.807. The van der Waals surface area contributed by atoms with Gasteiger partial charge in [-0.15, -0.1) is 0 Å². The summed E-state index contributed by atoms with van der Waals surface area (Å²) in [7, 11) is 0. The second-order valence-corrected chi connectivity index (χ2v) is 4.98. The van der Waals surface area contributed by atoms with Gasteiger partial charge in [-0.3, -0.25) is 4.79 Å². The third kappa shape index (κ3) is 1.95. The highest BCUT2D eigenvalue weighted by Gasteiger charge is 2.35. The Labute approximate surface area is 100 Å². The first kappa shape index (κ1) is 10.8. The Balaban J connectivity index is 1.70. The Hall–Kier alpha value is -1.36. The lowest BCUT2D eigenvalue weighted by atomic mass is 9.92. The van der Waals surface area contributed by atoms with Gasteiger partial charge in [-0.1, -0.05) is 5.16 Å². The summed E-state index contributed by atoms with van der Waals surface area (Å²) >= 11 is 0. The molecule has 17 heavy (non-hydrogen) atoms. The molecule has 0 aromatic carbocycles. The van der Waals surface area contributed by atoms with Gasteiger partial charge in [-0.05, 0) is 32.2 Å². The van der Waals surface area contributed by atoms with Crippen LogP contribution in [-0.4, -0.2) is 41.6 Å². The van der Waals surface area contributed by atoms with Crippen LogP contribution in [0.4, 0.5) is 0 Å². The lowest BCUT2D eigenvalue weighted by Gasteiger charge is -2.34. The monoisotopic (exact) mass is 235 g/mol. The van der Waals surface area contributed by atoms with Crippen LogP contribution in [0.25, 0.3) is 0 Å². The number of rotatable bonds is 1. The van der Waals surface area contributed by atoms with Crippen LogP contribution < -0.4 is 5.32 Å². The standard InChI is InChI=1S/C12H17N3O2/c1-8-6-11(17-14-8)12(16)15-5-3-9-2-4-13-10(9)7-15/h6,9-10,13H,2-5,7H2,1H3. The van der Waals surface area contributed by atoms with Crippen molar-refractivity contribution in [1.29, 1.82) is 0 Å². The molecule has 0 bridgehead atoms. The molecule has 2 aliphatic rings. The molecule has 2 atom stereocenters. The zero-order valence-electron chi connectivity index (χ0n) is 9.98. The van der Waals surface area contributed by atoms with Crippen LogP contribution >= 0.6 is 0 Å². The van der Waals surface area contributed by atoms with E-state index < -0.39 is 0 Å². The maximum atomic E-state index is 12.2. The van der Waals surface area contributed by atoms with Gasteiger partial charge in [0.1, 0.15) is 0 Å². The summed E-state index contributed by atoms with van der Waals surface area (Å²) in [6.45, 7) is 4.54. The van der Waals surface area contributed by atoms with E-state index in [9.17, 15) is 4.79 Å². The number of amides is 1. The molecule has 2 fully saturated rings. The molecule has 1 aromatic rings. The molecule has 0 radical (unpaired) electrons. The summed E-state index contributed by atoms with van der Waals surface area (Å²) in [4.78, 5) is 14.0. The van der Waals surface area contributed by atoms with Crippen LogP contribution in [0.2, 0.25) is 0 Å². The summed E-state index contributed by atoms with van der Waals surface area (Å²) in [5.74, 6) is 1.08. The normalized spacial score (nSPS) is 28.2. The first-order chi connectivity index (χ1) is 8.24. The summed E-state index contributed by atoms with van der Waals surface area (Å²) < 4.78 is 5.03. The van der Waals surface area contributed by atoms with Gasteiger partial charge in [-0.2, -0.15) is 0 Å². The fourth-order valence-corrected chi connectivity index (χ4v) is 2.84. The minimum Gasteiger partial charge on any atom is -0.351 e. The lowest BCUT2D eigenvalue weighted by molar-refractivity contribution is 0.0628. The molecule has 5 heteroatoms. The van der Waals surface area contributed by atoms with E-state index in [1.165, 1.54) is 6.42 Å². The van der Waals surface area contributed by atoms with E-state index in [-0.39, 0.29) is 5.91 Å². The van der Waals surface area contributed by atoms with Crippen molar-refractivity contribution in [2.75, 3.05) is 19.6 Å². The molecule has 0 spiro atoms. The largest absolute Gasteiger partial charge is 0.351 e. The van der Waals surface area contributed by atoms with Crippen LogP contribution in [-0.2, 0) is 0 Å². The predicted molar refractivity (Wildman–Crippen MR) is 61.7 cm³/mol. The first-order valence-corrected chi connectivity index (χ1v) is 6.20. The van der Waals surface area contributed by atoms with Crippen molar-refractivity contribution in [1.82, 2.24) is 15.4 Å². The van der Waals surface area contributed by atoms with Crippen molar-refractivity contribution in [2.45, 2.75) is 25.8 Å². The van der Waals surface area contributed by atoms with Crippen molar-refractivity contribution >= 4 is 5.91 Å². The summed E-state index contributed by atoms with van der Waals surface area (Å²) in [5, 5.41) is 7.22. The quantitative estimate of drug-likeness (QED) is 0.782. The molecule has 1 N–H and O–H groups in total. The van der Waals surface area contributed by atoms with Crippen molar-refractivity contribution < 1.29 is 9.32 Å². The minimum absolute atomic E-state index is 0.0299. The summed E-state index contributed by atoms with van der Waals surface area (Å²) in [5.41, 5.74) is 0.752. The van der Waals surface area contributed by atoms with E-state index in [1.54, 1.807) is 6.07 Å². The number of hydrogen-bond acceptors (Lipinski definition) is 4. The van der Waals surface area contributed by atoms with Gasteiger partial charge >= 0.3 is 0 Å².